The highest BCUT2D eigenvalue weighted by Crippen LogP contribution is 2.11. The lowest BCUT2D eigenvalue weighted by Gasteiger charge is -2.00. The molecular weight excluding hydrogens is 246 g/mol. The number of hydrogen-bond acceptors (Lipinski definition) is 3. The summed E-state index contributed by atoms with van der Waals surface area (Å²) in [5.74, 6) is 0. The van der Waals surface area contributed by atoms with Crippen LogP contribution in [-0.2, 0) is 6.54 Å². The summed E-state index contributed by atoms with van der Waals surface area (Å²) in [7, 11) is 0. The van der Waals surface area contributed by atoms with Crippen molar-refractivity contribution < 1.29 is 0 Å². The largest absolute Gasteiger partial charge is 0.344 e. The Bertz CT molecular complexity index is 549. The molecule has 0 atom stereocenters. The van der Waals surface area contributed by atoms with Gasteiger partial charge in [-0.3, -0.25) is 4.98 Å². The van der Waals surface area contributed by atoms with E-state index in [4.69, 9.17) is 11.6 Å². The molecule has 84 valence electrons. The number of nitrogens with zero attached hydrogens (tertiary/aromatic N) is 2. The van der Waals surface area contributed by atoms with Crippen LogP contribution in [0.2, 0.25) is 5.02 Å². The number of nitrogens with one attached hydrogen (secondary N) is 1. The summed E-state index contributed by atoms with van der Waals surface area (Å²) in [6, 6.07) is 7.38. The van der Waals surface area contributed by atoms with Crippen molar-refractivity contribution in [1.82, 2.24) is 14.8 Å². The molecule has 0 amide bonds. The zero-order valence-corrected chi connectivity index (χ0v) is 10.2. The van der Waals surface area contributed by atoms with Crippen LogP contribution in [0.4, 0.5) is 0 Å². The van der Waals surface area contributed by atoms with Crippen LogP contribution >= 0.6 is 23.4 Å². The zero-order valence-electron chi connectivity index (χ0n) is 8.61. The number of aromatic nitrogens is 3. The molecule has 16 heavy (non-hydrogen) atoms. The maximum atomic E-state index is 11.5. The topological polar surface area (TPSA) is 50.7 Å². The van der Waals surface area contributed by atoms with Crippen LogP contribution in [0, 0.1) is 0 Å². The van der Waals surface area contributed by atoms with Gasteiger partial charge in [0.2, 0.25) is 0 Å². The van der Waals surface area contributed by atoms with E-state index in [0.29, 0.717) is 16.7 Å². The molecule has 0 aliphatic heterocycles. The molecule has 0 unspecified atom stereocenters. The van der Waals surface area contributed by atoms with Gasteiger partial charge in [0.25, 0.3) is 0 Å². The molecule has 2 rings (SSSR count). The van der Waals surface area contributed by atoms with Gasteiger partial charge in [-0.25, -0.2) is 9.48 Å². The Morgan fingerprint density at radius 2 is 2.38 bits per heavy atom. The van der Waals surface area contributed by atoms with E-state index >= 15 is 0 Å². The highest BCUT2D eigenvalue weighted by molar-refractivity contribution is 7.98. The van der Waals surface area contributed by atoms with Gasteiger partial charge in [-0.15, -0.1) is 5.10 Å². The number of thioether (sulfide) groups is 1. The van der Waals surface area contributed by atoms with Gasteiger partial charge in [0.05, 0.1) is 6.54 Å². The fraction of sp³-hybridized carbons (Fsp3) is 0.200. The van der Waals surface area contributed by atoms with E-state index in [2.05, 4.69) is 10.1 Å². The van der Waals surface area contributed by atoms with E-state index in [9.17, 15) is 4.79 Å². The average Bonchev–Trinajstić information content (AvgIpc) is 2.60. The van der Waals surface area contributed by atoms with E-state index in [-0.39, 0.29) is 5.69 Å². The molecule has 0 spiro atoms. The van der Waals surface area contributed by atoms with Crippen LogP contribution in [0.3, 0.4) is 0 Å². The standard InChI is InChI=1S/C10H10ClN3OS/c1-16-9-12-10(15)14(13-9)6-7-3-2-4-8(11)5-7/h2-5H,6H2,1H3,(H,12,13,15). The molecule has 0 aliphatic carbocycles. The van der Waals surface area contributed by atoms with Crippen molar-refractivity contribution in [2.75, 3.05) is 6.26 Å². The van der Waals surface area contributed by atoms with Gasteiger partial charge in [0, 0.05) is 5.02 Å². The highest BCUT2D eigenvalue weighted by Gasteiger charge is 2.04. The summed E-state index contributed by atoms with van der Waals surface area (Å²) in [6.07, 6.45) is 1.86. The van der Waals surface area contributed by atoms with Crippen LogP contribution in [0.25, 0.3) is 0 Å². The predicted octanol–water partition coefficient (Wildman–Crippen LogP) is 1.99. The molecule has 0 saturated carbocycles. The quantitative estimate of drug-likeness (QED) is 0.854. The van der Waals surface area contributed by atoms with Gasteiger partial charge < -0.3 is 0 Å². The molecule has 1 N–H and O–H groups in total. The van der Waals surface area contributed by atoms with Crippen LogP contribution in [0.5, 0.6) is 0 Å². The van der Waals surface area contributed by atoms with E-state index in [1.807, 2.05) is 24.5 Å². The minimum absolute atomic E-state index is 0.204. The van der Waals surface area contributed by atoms with E-state index < -0.39 is 0 Å². The normalized spacial score (nSPS) is 10.6. The van der Waals surface area contributed by atoms with Crippen molar-refractivity contribution in [1.29, 1.82) is 0 Å². The first kappa shape index (κ1) is 11.3. The van der Waals surface area contributed by atoms with Crippen LogP contribution in [0.1, 0.15) is 5.56 Å². The SMILES string of the molecule is CSc1nn(Cc2cccc(Cl)c2)c(=O)[nH]1. The number of hydrogen-bond donors (Lipinski definition) is 1. The molecule has 1 heterocycles. The van der Waals surface area contributed by atoms with Crippen molar-refractivity contribution >= 4 is 23.4 Å². The molecule has 0 fully saturated rings. The maximum Gasteiger partial charge on any atom is 0.344 e. The first-order valence-electron chi connectivity index (χ1n) is 4.64. The number of rotatable bonds is 3. The molecule has 0 bridgehead atoms. The summed E-state index contributed by atoms with van der Waals surface area (Å²) in [5.41, 5.74) is 0.748. The maximum absolute atomic E-state index is 11.5. The van der Waals surface area contributed by atoms with E-state index in [1.165, 1.54) is 16.4 Å². The molecular formula is C10H10ClN3OS. The molecule has 0 saturated heterocycles. The molecule has 2 aromatic rings. The summed E-state index contributed by atoms with van der Waals surface area (Å²) >= 11 is 7.27. The molecule has 0 radical (unpaired) electrons. The highest BCUT2D eigenvalue weighted by atomic mass is 35.5. The Morgan fingerprint density at radius 3 is 3.00 bits per heavy atom. The molecule has 1 aromatic heterocycles. The lowest BCUT2D eigenvalue weighted by atomic mass is 10.2. The summed E-state index contributed by atoms with van der Waals surface area (Å²) < 4.78 is 1.39. The van der Waals surface area contributed by atoms with Gasteiger partial charge in [-0.05, 0) is 24.0 Å². The number of aromatic amines is 1. The Labute approximate surface area is 102 Å². The second-order valence-corrected chi connectivity index (χ2v) is 4.46. The number of halogens is 1. The predicted molar refractivity (Wildman–Crippen MR) is 65.2 cm³/mol. The first-order valence-corrected chi connectivity index (χ1v) is 6.25. The lowest BCUT2D eigenvalue weighted by Crippen LogP contribution is -2.18. The molecule has 6 heteroatoms. The fourth-order valence-electron chi connectivity index (χ4n) is 1.34. The Balaban J connectivity index is 2.26. The third-order valence-corrected chi connectivity index (χ3v) is 2.88. The van der Waals surface area contributed by atoms with Crippen LogP contribution in [0.15, 0.2) is 34.2 Å². The van der Waals surface area contributed by atoms with Gasteiger partial charge in [0.15, 0.2) is 5.16 Å². The van der Waals surface area contributed by atoms with Crippen molar-refractivity contribution in [3.8, 4) is 0 Å². The fourth-order valence-corrected chi connectivity index (χ4v) is 1.93. The Morgan fingerprint density at radius 1 is 1.56 bits per heavy atom. The second-order valence-electron chi connectivity index (χ2n) is 3.23. The third-order valence-electron chi connectivity index (χ3n) is 2.07. The molecule has 1 aromatic carbocycles. The van der Waals surface area contributed by atoms with Gasteiger partial charge in [-0.1, -0.05) is 35.5 Å². The molecule has 0 aliphatic rings. The first-order chi connectivity index (χ1) is 7.69. The summed E-state index contributed by atoms with van der Waals surface area (Å²) in [5, 5.41) is 5.40. The van der Waals surface area contributed by atoms with Crippen molar-refractivity contribution in [3.05, 3.63) is 45.3 Å². The smallest absolute Gasteiger partial charge is 0.284 e. The van der Waals surface area contributed by atoms with Gasteiger partial charge in [-0.2, -0.15) is 0 Å². The monoisotopic (exact) mass is 255 g/mol. The average molecular weight is 256 g/mol. The van der Waals surface area contributed by atoms with Gasteiger partial charge in [0.1, 0.15) is 0 Å². The minimum Gasteiger partial charge on any atom is -0.284 e. The van der Waals surface area contributed by atoms with E-state index in [1.54, 1.807) is 6.07 Å². The van der Waals surface area contributed by atoms with Gasteiger partial charge >= 0.3 is 5.69 Å². The number of H-pyrrole nitrogens is 1. The third kappa shape index (κ3) is 2.48. The minimum atomic E-state index is -0.204. The van der Waals surface area contributed by atoms with Crippen molar-refractivity contribution in [2.24, 2.45) is 0 Å². The second kappa shape index (κ2) is 4.76. The van der Waals surface area contributed by atoms with Crippen molar-refractivity contribution in [3.63, 3.8) is 0 Å². The van der Waals surface area contributed by atoms with Crippen LogP contribution in [-0.4, -0.2) is 21.0 Å². The van der Waals surface area contributed by atoms with Crippen molar-refractivity contribution in [2.45, 2.75) is 11.7 Å². The lowest BCUT2D eigenvalue weighted by molar-refractivity contribution is 0.645. The van der Waals surface area contributed by atoms with E-state index in [0.717, 1.165) is 5.56 Å². The Kier molecular flexibility index (Phi) is 3.36. The Hall–Kier alpha value is -1.20. The summed E-state index contributed by atoms with van der Waals surface area (Å²) in [6.45, 7) is 0.427. The van der Waals surface area contributed by atoms with Crippen LogP contribution < -0.4 is 5.69 Å². The number of benzene rings is 1. The molecule has 4 nitrogen and oxygen atoms in total. The summed E-state index contributed by atoms with van der Waals surface area (Å²) in [4.78, 5) is 14.1. The zero-order chi connectivity index (χ0) is 11.5.